The number of amides is 2. The summed E-state index contributed by atoms with van der Waals surface area (Å²) in [6.45, 7) is 4.68. The Morgan fingerprint density at radius 3 is 2.35 bits per heavy atom. The van der Waals surface area contributed by atoms with E-state index in [1.54, 1.807) is 43.5 Å². The number of fused-ring (bicyclic) bond motifs is 1. The molecule has 0 N–H and O–H groups in total. The van der Waals surface area contributed by atoms with Gasteiger partial charge < -0.3 is 14.5 Å². The SMILES string of the molecule is CCCN(C(=O)[C@@H]1C[C@@H](C)N(C(=O)c2ccc(OC)cc2)c2ccccc21)c1ccc(Cl)cc1. The quantitative estimate of drug-likeness (QED) is 0.418. The minimum absolute atomic E-state index is 0.0417. The Labute approximate surface area is 205 Å². The van der Waals surface area contributed by atoms with E-state index in [0.717, 1.165) is 23.4 Å². The third-order valence-corrected chi connectivity index (χ3v) is 6.55. The van der Waals surface area contributed by atoms with Gasteiger partial charge in [0.15, 0.2) is 0 Å². The summed E-state index contributed by atoms with van der Waals surface area (Å²) in [6, 6.07) is 22.1. The molecule has 3 aromatic carbocycles. The van der Waals surface area contributed by atoms with Gasteiger partial charge in [0.1, 0.15) is 5.75 Å². The van der Waals surface area contributed by atoms with Crippen molar-refractivity contribution in [1.29, 1.82) is 0 Å². The monoisotopic (exact) mass is 476 g/mol. The van der Waals surface area contributed by atoms with Crippen LogP contribution in [0.15, 0.2) is 72.8 Å². The van der Waals surface area contributed by atoms with Crippen LogP contribution >= 0.6 is 11.6 Å². The van der Waals surface area contributed by atoms with Crippen molar-refractivity contribution in [3.63, 3.8) is 0 Å². The molecule has 2 amide bonds. The van der Waals surface area contributed by atoms with Crippen LogP contribution in [-0.4, -0.2) is 31.5 Å². The first-order chi connectivity index (χ1) is 16.4. The molecule has 1 aliphatic heterocycles. The van der Waals surface area contributed by atoms with E-state index in [4.69, 9.17) is 16.3 Å². The van der Waals surface area contributed by atoms with Crippen molar-refractivity contribution in [2.45, 2.75) is 38.6 Å². The van der Waals surface area contributed by atoms with Crippen LogP contribution in [0.4, 0.5) is 11.4 Å². The predicted molar refractivity (Wildman–Crippen MR) is 137 cm³/mol. The van der Waals surface area contributed by atoms with Crippen molar-refractivity contribution in [2.24, 2.45) is 0 Å². The van der Waals surface area contributed by atoms with Crippen LogP contribution in [0.5, 0.6) is 5.75 Å². The highest BCUT2D eigenvalue weighted by atomic mass is 35.5. The second kappa shape index (κ2) is 10.3. The van der Waals surface area contributed by atoms with Gasteiger partial charge in [0.05, 0.1) is 13.0 Å². The number of carbonyl (C=O) groups is 2. The first-order valence-electron chi connectivity index (χ1n) is 11.6. The number of benzene rings is 3. The number of hydrogen-bond donors (Lipinski definition) is 0. The molecule has 0 bridgehead atoms. The molecule has 0 fully saturated rings. The minimum Gasteiger partial charge on any atom is -0.497 e. The lowest BCUT2D eigenvalue weighted by Crippen LogP contribution is -2.47. The van der Waals surface area contributed by atoms with Crippen molar-refractivity contribution in [1.82, 2.24) is 0 Å². The molecule has 0 saturated carbocycles. The predicted octanol–water partition coefficient (Wildman–Crippen LogP) is 6.31. The van der Waals surface area contributed by atoms with Crippen molar-refractivity contribution < 1.29 is 14.3 Å². The van der Waals surface area contributed by atoms with E-state index in [-0.39, 0.29) is 23.8 Å². The number of nitrogens with zero attached hydrogens (tertiary/aromatic N) is 2. The number of ether oxygens (including phenoxy) is 1. The zero-order valence-corrected chi connectivity index (χ0v) is 20.5. The van der Waals surface area contributed by atoms with E-state index in [9.17, 15) is 9.59 Å². The van der Waals surface area contributed by atoms with Gasteiger partial charge in [0.25, 0.3) is 5.91 Å². The number of halogens is 1. The van der Waals surface area contributed by atoms with E-state index in [1.165, 1.54) is 0 Å². The van der Waals surface area contributed by atoms with Gasteiger partial charge in [-0.2, -0.15) is 0 Å². The number of para-hydroxylation sites is 1. The number of methoxy groups -OCH3 is 1. The molecule has 0 aromatic heterocycles. The highest BCUT2D eigenvalue weighted by Crippen LogP contribution is 2.41. The molecule has 0 radical (unpaired) electrons. The molecule has 3 aromatic rings. The summed E-state index contributed by atoms with van der Waals surface area (Å²) in [6.07, 6.45) is 1.38. The molecule has 5 nitrogen and oxygen atoms in total. The molecule has 0 saturated heterocycles. The standard InChI is InChI=1S/C28H29ClN2O3/c1-4-17-30(22-13-11-21(29)12-14-22)28(33)25-18-19(2)31(26-8-6-5-7-24(25)26)27(32)20-9-15-23(34-3)16-10-20/h5-16,19,25H,4,17-18H2,1-3H3/t19-,25-/m1/s1. The lowest BCUT2D eigenvalue weighted by molar-refractivity contribution is -0.120. The Morgan fingerprint density at radius 2 is 1.71 bits per heavy atom. The molecule has 0 spiro atoms. The molecule has 2 atom stereocenters. The molecule has 0 unspecified atom stereocenters. The number of carbonyl (C=O) groups excluding carboxylic acids is 2. The van der Waals surface area contributed by atoms with Gasteiger partial charge >= 0.3 is 0 Å². The molecular weight excluding hydrogens is 448 g/mol. The molecule has 34 heavy (non-hydrogen) atoms. The summed E-state index contributed by atoms with van der Waals surface area (Å²) in [5.74, 6) is 0.317. The van der Waals surface area contributed by atoms with Crippen LogP contribution in [0.1, 0.15) is 48.5 Å². The van der Waals surface area contributed by atoms with Gasteiger partial charge in [-0.25, -0.2) is 0 Å². The fraction of sp³-hybridized carbons (Fsp3) is 0.286. The van der Waals surface area contributed by atoms with Crippen LogP contribution in [0, 0.1) is 0 Å². The van der Waals surface area contributed by atoms with E-state index < -0.39 is 0 Å². The van der Waals surface area contributed by atoms with Crippen molar-refractivity contribution in [3.8, 4) is 5.75 Å². The molecule has 1 heterocycles. The second-order valence-corrected chi connectivity index (χ2v) is 9.00. The first-order valence-corrected chi connectivity index (χ1v) is 12.0. The maximum atomic E-state index is 13.9. The molecule has 0 aliphatic carbocycles. The number of anilines is 2. The highest BCUT2D eigenvalue weighted by molar-refractivity contribution is 6.30. The lowest BCUT2D eigenvalue weighted by Gasteiger charge is -2.40. The summed E-state index contributed by atoms with van der Waals surface area (Å²) < 4.78 is 5.22. The van der Waals surface area contributed by atoms with E-state index >= 15 is 0 Å². The number of hydrogen-bond acceptors (Lipinski definition) is 3. The summed E-state index contributed by atoms with van der Waals surface area (Å²) in [4.78, 5) is 31.0. The van der Waals surface area contributed by atoms with Crippen LogP contribution in [0.25, 0.3) is 0 Å². The van der Waals surface area contributed by atoms with Crippen LogP contribution in [0.3, 0.4) is 0 Å². The Morgan fingerprint density at radius 1 is 1.03 bits per heavy atom. The Balaban J connectivity index is 1.69. The van der Waals surface area contributed by atoms with E-state index in [1.807, 2.05) is 53.1 Å². The smallest absolute Gasteiger partial charge is 0.258 e. The maximum Gasteiger partial charge on any atom is 0.258 e. The van der Waals surface area contributed by atoms with Crippen molar-refractivity contribution in [3.05, 3.63) is 88.9 Å². The fourth-order valence-corrected chi connectivity index (χ4v) is 4.75. The van der Waals surface area contributed by atoms with Gasteiger partial charge in [0, 0.05) is 34.5 Å². The summed E-state index contributed by atoms with van der Waals surface area (Å²) in [7, 11) is 1.60. The zero-order chi connectivity index (χ0) is 24.2. The molecule has 176 valence electrons. The molecule has 1 aliphatic rings. The molecular formula is C28H29ClN2O3. The Kier molecular flexibility index (Phi) is 7.23. The minimum atomic E-state index is -0.339. The Hall–Kier alpha value is -3.31. The lowest BCUT2D eigenvalue weighted by atomic mass is 9.84. The highest BCUT2D eigenvalue weighted by Gasteiger charge is 2.39. The number of rotatable bonds is 6. The van der Waals surface area contributed by atoms with Gasteiger partial charge in [-0.1, -0.05) is 36.7 Å². The Bertz CT molecular complexity index is 1160. The largest absolute Gasteiger partial charge is 0.497 e. The summed E-state index contributed by atoms with van der Waals surface area (Å²) in [5.41, 5.74) is 3.08. The van der Waals surface area contributed by atoms with Gasteiger partial charge in [-0.3, -0.25) is 9.59 Å². The fourth-order valence-electron chi connectivity index (χ4n) is 4.63. The van der Waals surface area contributed by atoms with Crippen LogP contribution in [0.2, 0.25) is 5.02 Å². The normalized spacial score (nSPS) is 17.1. The third-order valence-electron chi connectivity index (χ3n) is 6.29. The van der Waals surface area contributed by atoms with E-state index in [0.29, 0.717) is 29.3 Å². The van der Waals surface area contributed by atoms with Gasteiger partial charge in [-0.05, 0) is 79.9 Å². The van der Waals surface area contributed by atoms with Gasteiger partial charge in [0.2, 0.25) is 5.91 Å². The van der Waals surface area contributed by atoms with Gasteiger partial charge in [-0.15, -0.1) is 0 Å². The van der Waals surface area contributed by atoms with E-state index in [2.05, 4.69) is 6.92 Å². The first kappa shape index (κ1) is 23.8. The molecule has 4 rings (SSSR count). The third kappa shape index (κ3) is 4.66. The van der Waals surface area contributed by atoms with Crippen LogP contribution in [-0.2, 0) is 4.79 Å². The summed E-state index contributed by atoms with van der Waals surface area (Å²) in [5, 5.41) is 0.636. The van der Waals surface area contributed by atoms with Crippen molar-refractivity contribution in [2.75, 3.05) is 23.5 Å². The van der Waals surface area contributed by atoms with Crippen LogP contribution < -0.4 is 14.5 Å². The molecule has 6 heteroatoms. The average Bonchev–Trinajstić information content (AvgIpc) is 2.87. The van der Waals surface area contributed by atoms with Crippen molar-refractivity contribution >= 4 is 34.8 Å². The topological polar surface area (TPSA) is 49.9 Å². The maximum absolute atomic E-state index is 13.9. The average molecular weight is 477 g/mol. The zero-order valence-electron chi connectivity index (χ0n) is 19.7. The second-order valence-electron chi connectivity index (χ2n) is 8.57. The summed E-state index contributed by atoms with van der Waals surface area (Å²) >= 11 is 6.07.